The fourth-order valence-electron chi connectivity index (χ4n) is 4.59. The summed E-state index contributed by atoms with van der Waals surface area (Å²) in [4.78, 5) is 28.3. The Morgan fingerprint density at radius 3 is 2.31 bits per heavy atom. The van der Waals surface area contributed by atoms with Crippen LogP contribution in [-0.2, 0) is 4.79 Å². The lowest BCUT2D eigenvalue weighted by Gasteiger charge is -2.35. The summed E-state index contributed by atoms with van der Waals surface area (Å²) < 4.78 is 15.0. The van der Waals surface area contributed by atoms with E-state index in [-0.39, 0.29) is 23.4 Å². The molecule has 2 N–H and O–H groups in total. The Bertz CT molecular complexity index is 1090. The molecule has 2 aromatic rings. The molecule has 1 unspecified atom stereocenters. The number of nitrogens with zero attached hydrogens (tertiary/aromatic N) is 3. The van der Waals surface area contributed by atoms with Gasteiger partial charge in [0.2, 0.25) is 0 Å². The van der Waals surface area contributed by atoms with Gasteiger partial charge in [-0.25, -0.2) is 9.82 Å². The van der Waals surface area contributed by atoms with Crippen LogP contribution in [0.5, 0.6) is 0 Å². The van der Waals surface area contributed by atoms with Crippen LogP contribution >= 0.6 is 0 Å². The van der Waals surface area contributed by atoms with Gasteiger partial charge in [-0.05, 0) is 60.7 Å². The lowest BCUT2D eigenvalue weighted by Crippen LogP contribution is -2.53. The molecule has 0 aromatic heterocycles. The molecule has 32 heavy (non-hydrogen) atoms. The van der Waals surface area contributed by atoms with Crippen LogP contribution in [0.15, 0.2) is 36.4 Å². The molecule has 7 nitrogen and oxygen atoms in total. The number of hydrogen-bond donors (Lipinski definition) is 2. The van der Waals surface area contributed by atoms with Crippen LogP contribution < -0.4 is 10.4 Å². The largest absolute Gasteiger partial charge is 0.380 e. The van der Waals surface area contributed by atoms with E-state index in [9.17, 15) is 19.1 Å². The summed E-state index contributed by atoms with van der Waals surface area (Å²) in [6, 6.07) is 10.9. The summed E-state index contributed by atoms with van der Waals surface area (Å²) >= 11 is 0. The van der Waals surface area contributed by atoms with Gasteiger partial charge in [-0.2, -0.15) is 0 Å². The van der Waals surface area contributed by atoms with Gasteiger partial charge >= 0.3 is 0 Å². The number of fused-ring (bicyclic) bond motifs is 1. The zero-order chi connectivity index (χ0) is 22.6. The molecule has 0 spiro atoms. The number of carbonyl (C=O) groups is 2. The van der Waals surface area contributed by atoms with E-state index in [0.717, 1.165) is 22.4 Å². The molecular formula is C24H27FN4O3. The summed E-state index contributed by atoms with van der Waals surface area (Å²) in [6.45, 7) is 3.42. The Morgan fingerprint density at radius 1 is 1.03 bits per heavy atom. The molecule has 1 aliphatic carbocycles. The topological polar surface area (TPSA) is 76.1 Å². The standard InChI is InChI=1S/C24H27FN4O3/c1-15-19-13-16(4-6-21(19)27(2)26-15)17-3-5-18(20(25)14-17)22(30)28-9-11-29(12-10-28)23(31)24(32)7-8-24/h3-6,13-15,26,32H,7-12H2,1-2H3. The van der Waals surface area contributed by atoms with E-state index in [1.54, 1.807) is 21.9 Å². The van der Waals surface area contributed by atoms with Gasteiger partial charge < -0.3 is 19.9 Å². The monoisotopic (exact) mass is 438 g/mol. The summed E-state index contributed by atoms with van der Waals surface area (Å²) in [7, 11) is 1.96. The second kappa shape index (κ2) is 7.56. The lowest BCUT2D eigenvalue weighted by molar-refractivity contribution is -0.143. The van der Waals surface area contributed by atoms with Gasteiger partial charge in [0.1, 0.15) is 11.4 Å². The van der Waals surface area contributed by atoms with Crippen molar-refractivity contribution in [1.82, 2.24) is 15.2 Å². The van der Waals surface area contributed by atoms with Gasteiger partial charge in [0.25, 0.3) is 11.8 Å². The van der Waals surface area contributed by atoms with Crippen molar-refractivity contribution in [3.05, 3.63) is 53.3 Å². The lowest BCUT2D eigenvalue weighted by atomic mass is 9.98. The minimum absolute atomic E-state index is 0.0327. The van der Waals surface area contributed by atoms with E-state index in [0.29, 0.717) is 39.0 Å². The van der Waals surface area contributed by atoms with Crippen LogP contribution in [0, 0.1) is 5.82 Å². The average Bonchev–Trinajstić information content (AvgIpc) is 3.49. The molecule has 0 bridgehead atoms. The maximum Gasteiger partial charge on any atom is 0.256 e. The first-order chi connectivity index (χ1) is 15.3. The second-order valence-corrected chi connectivity index (χ2v) is 8.99. The summed E-state index contributed by atoms with van der Waals surface area (Å²) in [5.74, 6) is -1.19. The summed E-state index contributed by atoms with van der Waals surface area (Å²) in [5, 5.41) is 12.0. The highest BCUT2D eigenvalue weighted by Gasteiger charge is 2.50. The molecule has 1 saturated carbocycles. The third-order valence-corrected chi connectivity index (χ3v) is 6.75. The first kappa shape index (κ1) is 20.9. The number of anilines is 1. The van der Waals surface area contributed by atoms with Crippen molar-refractivity contribution < 1.29 is 19.1 Å². The average molecular weight is 439 g/mol. The van der Waals surface area contributed by atoms with Crippen molar-refractivity contribution in [3.8, 4) is 11.1 Å². The summed E-state index contributed by atoms with van der Waals surface area (Å²) in [6.07, 6.45) is 0.998. The molecule has 3 aliphatic rings. The first-order valence-electron chi connectivity index (χ1n) is 11.0. The number of rotatable bonds is 3. The Balaban J connectivity index is 1.29. The highest BCUT2D eigenvalue weighted by Crippen LogP contribution is 2.37. The highest BCUT2D eigenvalue weighted by atomic mass is 19.1. The molecule has 8 heteroatoms. The number of hydrazine groups is 1. The van der Waals surface area contributed by atoms with Crippen molar-refractivity contribution in [1.29, 1.82) is 0 Å². The Hall–Kier alpha value is -2.97. The van der Waals surface area contributed by atoms with Crippen molar-refractivity contribution >= 4 is 17.5 Å². The van der Waals surface area contributed by atoms with Crippen LogP contribution in [0.2, 0.25) is 0 Å². The number of hydrogen-bond acceptors (Lipinski definition) is 5. The quantitative estimate of drug-likeness (QED) is 0.769. The van der Waals surface area contributed by atoms with Crippen LogP contribution in [0.25, 0.3) is 11.1 Å². The van der Waals surface area contributed by atoms with Gasteiger partial charge in [-0.15, -0.1) is 0 Å². The van der Waals surface area contributed by atoms with Crippen LogP contribution in [-0.4, -0.2) is 65.5 Å². The van der Waals surface area contributed by atoms with Crippen molar-refractivity contribution in [3.63, 3.8) is 0 Å². The van der Waals surface area contributed by atoms with E-state index in [1.165, 1.54) is 6.07 Å². The van der Waals surface area contributed by atoms with Gasteiger partial charge in [0.05, 0.1) is 17.3 Å². The fraction of sp³-hybridized carbons (Fsp3) is 0.417. The number of carbonyl (C=O) groups excluding carboxylic acids is 2. The van der Waals surface area contributed by atoms with Crippen molar-refractivity contribution in [2.24, 2.45) is 0 Å². The first-order valence-corrected chi connectivity index (χ1v) is 11.0. The molecule has 5 rings (SSSR count). The number of amides is 2. The smallest absolute Gasteiger partial charge is 0.256 e. The van der Waals surface area contributed by atoms with E-state index < -0.39 is 11.4 Å². The summed E-state index contributed by atoms with van der Waals surface area (Å²) in [5.41, 5.74) is 6.02. The van der Waals surface area contributed by atoms with E-state index in [1.807, 2.05) is 24.2 Å². The zero-order valence-corrected chi connectivity index (χ0v) is 18.3. The van der Waals surface area contributed by atoms with Gasteiger partial charge in [-0.1, -0.05) is 12.1 Å². The molecule has 168 valence electrons. The molecule has 2 heterocycles. The minimum Gasteiger partial charge on any atom is -0.380 e. The molecule has 2 aliphatic heterocycles. The number of halogens is 1. The van der Waals surface area contributed by atoms with Gasteiger partial charge in [0, 0.05) is 33.2 Å². The number of aliphatic hydroxyl groups is 1. The van der Waals surface area contributed by atoms with E-state index >= 15 is 0 Å². The molecule has 2 fully saturated rings. The van der Waals surface area contributed by atoms with E-state index in [4.69, 9.17) is 0 Å². The number of nitrogens with one attached hydrogen (secondary N) is 1. The molecule has 0 radical (unpaired) electrons. The predicted octanol–water partition coefficient (Wildman–Crippen LogP) is 2.32. The number of benzene rings is 2. The second-order valence-electron chi connectivity index (χ2n) is 8.99. The van der Waals surface area contributed by atoms with Crippen LogP contribution in [0.3, 0.4) is 0 Å². The SMILES string of the molecule is CC1NN(C)c2ccc(-c3ccc(C(=O)N4CCN(C(=O)C5(O)CC5)CC4)c(F)c3)cc21. The van der Waals surface area contributed by atoms with Crippen LogP contribution in [0.4, 0.5) is 10.1 Å². The fourth-order valence-corrected chi connectivity index (χ4v) is 4.59. The molecule has 1 atom stereocenters. The third kappa shape index (κ3) is 3.53. The Morgan fingerprint density at radius 2 is 1.66 bits per heavy atom. The molecule has 1 saturated heterocycles. The molecule has 2 amide bonds. The Labute approximate surface area is 186 Å². The predicted molar refractivity (Wildman–Crippen MR) is 118 cm³/mol. The molecular weight excluding hydrogens is 411 g/mol. The third-order valence-electron chi connectivity index (χ3n) is 6.75. The Kier molecular flexibility index (Phi) is 4.94. The highest BCUT2D eigenvalue weighted by molar-refractivity contribution is 5.95. The maximum atomic E-state index is 15.0. The number of piperazine rings is 1. The van der Waals surface area contributed by atoms with Crippen molar-refractivity contribution in [2.75, 3.05) is 38.2 Å². The maximum absolute atomic E-state index is 15.0. The molecule has 2 aromatic carbocycles. The van der Waals surface area contributed by atoms with Crippen molar-refractivity contribution in [2.45, 2.75) is 31.4 Å². The normalized spacial score (nSPS) is 21.5. The van der Waals surface area contributed by atoms with Gasteiger partial charge in [-0.3, -0.25) is 9.59 Å². The van der Waals surface area contributed by atoms with E-state index in [2.05, 4.69) is 18.4 Å². The van der Waals surface area contributed by atoms with Gasteiger partial charge in [0.15, 0.2) is 0 Å². The minimum atomic E-state index is -1.20. The van der Waals surface area contributed by atoms with Crippen LogP contribution in [0.1, 0.15) is 41.7 Å². The zero-order valence-electron chi connectivity index (χ0n) is 18.3.